The molecule has 0 aromatic rings. The molecule has 1 aliphatic heterocycles. The number of piperidine rings is 1. The van der Waals surface area contributed by atoms with Crippen LogP contribution in [0.5, 0.6) is 0 Å². The van der Waals surface area contributed by atoms with Gasteiger partial charge in [0.1, 0.15) is 0 Å². The van der Waals surface area contributed by atoms with Crippen LogP contribution in [-0.4, -0.2) is 12.6 Å². The van der Waals surface area contributed by atoms with Crippen LogP contribution in [0.15, 0.2) is 0 Å². The highest BCUT2D eigenvalue weighted by molar-refractivity contribution is 4.89. The predicted molar refractivity (Wildman–Crippen MR) is 52.1 cm³/mol. The molecule has 1 heterocycles. The highest BCUT2D eigenvalue weighted by atomic mass is 14.9. The fraction of sp³-hybridized carbons (Fsp3) is 1.00. The molecule has 1 N–H and O–H groups in total. The normalized spacial score (nSPS) is 48.5. The Bertz CT molecular complexity index is 155. The summed E-state index contributed by atoms with van der Waals surface area (Å²) >= 11 is 0. The number of nitrogens with one attached hydrogen (secondary N) is 1. The molecule has 0 amide bonds. The molecule has 1 saturated carbocycles. The lowest BCUT2D eigenvalue weighted by Crippen LogP contribution is -2.48. The Balaban J connectivity index is 2.00. The largest absolute Gasteiger partial charge is 0.314 e. The van der Waals surface area contributed by atoms with Gasteiger partial charge in [-0.1, -0.05) is 13.8 Å². The van der Waals surface area contributed by atoms with Crippen molar-refractivity contribution >= 4 is 0 Å². The average Bonchev–Trinajstić information content (AvgIpc) is 2.07. The van der Waals surface area contributed by atoms with E-state index in [2.05, 4.69) is 19.2 Å². The summed E-state index contributed by atoms with van der Waals surface area (Å²) in [7, 11) is 0. The van der Waals surface area contributed by atoms with Crippen LogP contribution in [0.3, 0.4) is 0 Å². The standard InChI is InChI=1S/C11H21N/c1-8-3-4-11-10(7-8)9(2)5-6-12-11/h8-12H,3-7H2,1-2H3/t8-,9+,10+,11+/m1/s1. The van der Waals surface area contributed by atoms with Crippen molar-refractivity contribution < 1.29 is 0 Å². The van der Waals surface area contributed by atoms with Crippen LogP contribution in [0.2, 0.25) is 0 Å². The van der Waals surface area contributed by atoms with Crippen molar-refractivity contribution in [3.63, 3.8) is 0 Å². The number of hydrogen-bond acceptors (Lipinski definition) is 1. The zero-order valence-electron chi connectivity index (χ0n) is 8.34. The summed E-state index contributed by atoms with van der Waals surface area (Å²) in [4.78, 5) is 0. The third-order valence-electron chi connectivity index (χ3n) is 3.90. The van der Waals surface area contributed by atoms with E-state index in [1.54, 1.807) is 0 Å². The van der Waals surface area contributed by atoms with Crippen molar-refractivity contribution in [2.45, 2.75) is 45.6 Å². The van der Waals surface area contributed by atoms with E-state index in [0.717, 1.165) is 23.8 Å². The van der Waals surface area contributed by atoms with E-state index in [-0.39, 0.29) is 0 Å². The third kappa shape index (κ3) is 1.52. The van der Waals surface area contributed by atoms with Crippen molar-refractivity contribution in [2.24, 2.45) is 17.8 Å². The van der Waals surface area contributed by atoms with Crippen LogP contribution in [0.4, 0.5) is 0 Å². The molecule has 0 aromatic heterocycles. The summed E-state index contributed by atoms with van der Waals surface area (Å²) in [6.45, 7) is 6.12. The van der Waals surface area contributed by atoms with Gasteiger partial charge >= 0.3 is 0 Å². The Morgan fingerprint density at radius 1 is 1.08 bits per heavy atom. The summed E-state index contributed by atoms with van der Waals surface area (Å²) in [5.74, 6) is 2.94. The summed E-state index contributed by atoms with van der Waals surface area (Å²) in [6, 6.07) is 0.866. The van der Waals surface area contributed by atoms with Crippen LogP contribution in [0.25, 0.3) is 0 Å². The quantitative estimate of drug-likeness (QED) is 0.584. The molecule has 1 nitrogen and oxygen atoms in total. The Morgan fingerprint density at radius 3 is 2.75 bits per heavy atom. The van der Waals surface area contributed by atoms with E-state index in [1.165, 1.54) is 32.2 Å². The Kier molecular flexibility index (Phi) is 2.40. The van der Waals surface area contributed by atoms with E-state index in [1.807, 2.05) is 0 Å². The van der Waals surface area contributed by atoms with Crippen molar-refractivity contribution in [1.82, 2.24) is 5.32 Å². The zero-order chi connectivity index (χ0) is 8.55. The molecule has 70 valence electrons. The first-order chi connectivity index (χ1) is 5.77. The minimum atomic E-state index is 0.866. The van der Waals surface area contributed by atoms with Gasteiger partial charge in [-0.2, -0.15) is 0 Å². The highest BCUT2D eigenvalue weighted by Crippen LogP contribution is 2.36. The van der Waals surface area contributed by atoms with Crippen molar-refractivity contribution in [3.8, 4) is 0 Å². The molecule has 0 spiro atoms. The molecule has 2 aliphatic rings. The lowest BCUT2D eigenvalue weighted by atomic mass is 9.70. The first-order valence-electron chi connectivity index (χ1n) is 5.50. The second kappa shape index (κ2) is 3.37. The van der Waals surface area contributed by atoms with Crippen molar-refractivity contribution in [2.75, 3.05) is 6.54 Å². The number of hydrogen-bond donors (Lipinski definition) is 1. The lowest BCUT2D eigenvalue weighted by molar-refractivity contribution is 0.122. The molecular formula is C11H21N. The predicted octanol–water partition coefficient (Wildman–Crippen LogP) is 2.42. The molecule has 2 rings (SSSR count). The molecule has 0 bridgehead atoms. The van der Waals surface area contributed by atoms with E-state index < -0.39 is 0 Å². The highest BCUT2D eigenvalue weighted by Gasteiger charge is 2.34. The van der Waals surface area contributed by atoms with Gasteiger partial charge in [0.2, 0.25) is 0 Å². The average molecular weight is 167 g/mol. The van der Waals surface area contributed by atoms with E-state index >= 15 is 0 Å². The van der Waals surface area contributed by atoms with Gasteiger partial charge < -0.3 is 5.32 Å². The van der Waals surface area contributed by atoms with Gasteiger partial charge in [0.25, 0.3) is 0 Å². The first-order valence-corrected chi connectivity index (χ1v) is 5.50. The first kappa shape index (κ1) is 8.55. The summed E-state index contributed by atoms with van der Waals surface area (Å²) in [5, 5.41) is 3.67. The maximum absolute atomic E-state index is 3.67. The smallest absolute Gasteiger partial charge is 0.00980 e. The molecule has 1 saturated heterocycles. The molecule has 2 fully saturated rings. The Labute approximate surface area is 75.9 Å². The maximum atomic E-state index is 3.67. The summed E-state index contributed by atoms with van der Waals surface area (Å²) in [5.41, 5.74) is 0. The minimum Gasteiger partial charge on any atom is -0.314 e. The van der Waals surface area contributed by atoms with Gasteiger partial charge in [0, 0.05) is 6.04 Å². The van der Waals surface area contributed by atoms with E-state index in [4.69, 9.17) is 0 Å². The monoisotopic (exact) mass is 167 g/mol. The molecular weight excluding hydrogens is 146 g/mol. The van der Waals surface area contributed by atoms with Crippen LogP contribution < -0.4 is 5.32 Å². The van der Waals surface area contributed by atoms with Gasteiger partial charge in [-0.05, 0) is 50.0 Å². The van der Waals surface area contributed by atoms with Gasteiger partial charge in [-0.15, -0.1) is 0 Å². The topological polar surface area (TPSA) is 12.0 Å². The molecule has 1 aliphatic carbocycles. The van der Waals surface area contributed by atoms with Gasteiger partial charge in [-0.3, -0.25) is 0 Å². The molecule has 1 heteroatoms. The lowest BCUT2D eigenvalue weighted by Gasteiger charge is -2.42. The molecule has 0 unspecified atom stereocenters. The van der Waals surface area contributed by atoms with Crippen molar-refractivity contribution in [1.29, 1.82) is 0 Å². The summed E-state index contributed by atoms with van der Waals surface area (Å²) < 4.78 is 0. The Morgan fingerprint density at radius 2 is 1.92 bits per heavy atom. The second-order valence-corrected chi connectivity index (χ2v) is 4.91. The SMILES string of the molecule is C[C@@H]1CC[C@@H]2NCC[C@H](C)[C@@H]2C1. The van der Waals surface area contributed by atoms with E-state index in [0.29, 0.717) is 0 Å². The molecule has 0 radical (unpaired) electrons. The van der Waals surface area contributed by atoms with Gasteiger partial charge in [-0.25, -0.2) is 0 Å². The zero-order valence-corrected chi connectivity index (χ0v) is 8.34. The van der Waals surface area contributed by atoms with E-state index in [9.17, 15) is 0 Å². The number of fused-ring (bicyclic) bond motifs is 1. The van der Waals surface area contributed by atoms with Crippen LogP contribution in [0.1, 0.15) is 39.5 Å². The fourth-order valence-electron chi connectivity index (χ4n) is 3.02. The maximum Gasteiger partial charge on any atom is 0.00980 e. The Hall–Kier alpha value is -0.0400. The fourth-order valence-corrected chi connectivity index (χ4v) is 3.02. The summed E-state index contributed by atoms with van der Waals surface area (Å²) in [6.07, 6.45) is 5.74. The second-order valence-electron chi connectivity index (χ2n) is 4.91. The van der Waals surface area contributed by atoms with Crippen LogP contribution in [-0.2, 0) is 0 Å². The molecule has 4 atom stereocenters. The van der Waals surface area contributed by atoms with Crippen LogP contribution >= 0.6 is 0 Å². The number of rotatable bonds is 0. The van der Waals surface area contributed by atoms with Crippen LogP contribution in [0, 0.1) is 17.8 Å². The molecule has 12 heavy (non-hydrogen) atoms. The molecule has 0 aromatic carbocycles. The van der Waals surface area contributed by atoms with Gasteiger partial charge in [0.15, 0.2) is 0 Å². The van der Waals surface area contributed by atoms with Gasteiger partial charge in [0.05, 0.1) is 0 Å². The van der Waals surface area contributed by atoms with Crippen molar-refractivity contribution in [3.05, 3.63) is 0 Å². The third-order valence-corrected chi connectivity index (χ3v) is 3.90. The minimum absolute atomic E-state index is 0.866.